The molecule has 29 heavy (non-hydrogen) atoms. The van der Waals surface area contributed by atoms with E-state index in [0.717, 1.165) is 27.1 Å². The Labute approximate surface area is 178 Å². The number of anilines is 2. The normalized spacial score (nSPS) is 12.3. The van der Waals surface area contributed by atoms with Crippen LogP contribution in [0.3, 0.4) is 0 Å². The van der Waals surface area contributed by atoms with E-state index in [0.29, 0.717) is 16.6 Å². The van der Waals surface area contributed by atoms with Crippen molar-refractivity contribution in [1.29, 1.82) is 0 Å². The van der Waals surface area contributed by atoms with Gasteiger partial charge in [0, 0.05) is 11.8 Å². The van der Waals surface area contributed by atoms with E-state index < -0.39 is 22.0 Å². The van der Waals surface area contributed by atoms with Gasteiger partial charge in [-0.25, -0.2) is 8.42 Å². The molecule has 0 fully saturated rings. The second-order valence-corrected chi connectivity index (χ2v) is 10.2. The molecule has 1 atom stereocenters. The average Bonchev–Trinajstić information content (AvgIpc) is 3.12. The first-order chi connectivity index (χ1) is 13.7. The third-order valence-electron chi connectivity index (χ3n) is 3.78. The quantitative estimate of drug-likeness (QED) is 0.426. The van der Waals surface area contributed by atoms with E-state index >= 15 is 0 Å². The van der Waals surface area contributed by atoms with E-state index in [1.54, 1.807) is 23.9 Å². The van der Waals surface area contributed by atoms with Crippen molar-refractivity contribution in [3.05, 3.63) is 18.2 Å². The fourth-order valence-corrected chi connectivity index (χ4v) is 5.34. The fourth-order valence-electron chi connectivity index (χ4n) is 2.49. The lowest BCUT2D eigenvalue weighted by Gasteiger charge is -2.28. The van der Waals surface area contributed by atoms with Gasteiger partial charge in [-0.05, 0) is 25.5 Å². The highest BCUT2D eigenvalue weighted by Crippen LogP contribution is 2.33. The summed E-state index contributed by atoms with van der Waals surface area (Å²) in [5.41, 5.74) is 0.282. The summed E-state index contributed by atoms with van der Waals surface area (Å²) in [4.78, 5) is 12.7. The SMILES string of the molecule is CCCSc1nnc(NC(=O)[C@@H](C)N(c2ccc(OC)c(OC)c2)S(C)(=O)=O)s1. The zero-order valence-corrected chi connectivity index (χ0v) is 19.3. The number of methoxy groups -OCH3 is 2. The van der Waals surface area contributed by atoms with E-state index in [1.807, 2.05) is 0 Å². The van der Waals surface area contributed by atoms with Crippen LogP contribution in [-0.2, 0) is 14.8 Å². The molecule has 160 valence electrons. The first kappa shape index (κ1) is 23.2. The number of benzene rings is 1. The maximum Gasteiger partial charge on any atom is 0.249 e. The molecular formula is C17H24N4O5S3. The summed E-state index contributed by atoms with van der Waals surface area (Å²) in [6.45, 7) is 3.56. The van der Waals surface area contributed by atoms with Gasteiger partial charge in [0.1, 0.15) is 6.04 Å². The molecule has 2 aromatic rings. The molecule has 0 aliphatic rings. The average molecular weight is 461 g/mol. The predicted molar refractivity (Wildman–Crippen MR) is 116 cm³/mol. The van der Waals surface area contributed by atoms with Crippen LogP contribution in [0, 0.1) is 0 Å². The minimum Gasteiger partial charge on any atom is -0.493 e. The van der Waals surface area contributed by atoms with Crippen LogP contribution in [-0.4, -0.2) is 56.8 Å². The lowest BCUT2D eigenvalue weighted by Crippen LogP contribution is -2.45. The molecule has 1 amide bonds. The third kappa shape index (κ3) is 5.97. The molecule has 0 spiro atoms. The van der Waals surface area contributed by atoms with Crippen LogP contribution in [0.25, 0.3) is 0 Å². The fraction of sp³-hybridized carbons (Fsp3) is 0.471. The van der Waals surface area contributed by atoms with Gasteiger partial charge in [-0.15, -0.1) is 10.2 Å². The molecule has 0 saturated heterocycles. The van der Waals surface area contributed by atoms with Crippen LogP contribution in [0.1, 0.15) is 20.3 Å². The largest absolute Gasteiger partial charge is 0.493 e. The smallest absolute Gasteiger partial charge is 0.249 e. The second-order valence-electron chi connectivity index (χ2n) is 5.98. The van der Waals surface area contributed by atoms with Gasteiger partial charge >= 0.3 is 0 Å². The van der Waals surface area contributed by atoms with Crippen LogP contribution >= 0.6 is 23.1 Å². The van der Waals surface area contributed by atoms with Gasteiger partial charge in [-0.2, -0.15) is 0 Å². The highest BCUT2D eigenvalue weighted by Gasteiger charge is 2.30. The zero-order chi connectivity index (χ0) is 21.6. The molecule has 0 unspecified atom stereocenters. The minimum absolute atomic E-state index is 0.282. The van der Waals surface area contributed by atoms with Gasteiger partial charge in [0.25, 0.3) is 0 Å². The van der Waals surface area contributed by atoms with E-state index in [-0.39, 0.29) is 5.69 Å². The molecule has 0 bridgehead atoms. The number of sulfonamides is 1. The number of nitrogens with zero attached hydrogens (tertiary/aromatic N) is 3. The molecule has 1 aromatic carbocycles. The summed E-state index contributed by atoms with van der Waals surface area (Å²) in [7, 11) is -0.833. The van der Waals surface area contributed by atoms with Crippen LogP contribution in [0.2, 0.25) is 0 Å². The Morgan fingerprint density at radius 2 is 1.97 bits per heavy atom. The van der Waals surface area contributed by atoms with Gasteiger partial charge in [0.2, 0.25) is 21.1 Å². The van der Waals surface area contributed by atoms with E-state index in [1.165, 1.54) is 38.5 Å². The van der Waals surface area contributed by atoms with Crippen molar-refractivity contribution in [1.82, 2.24) is 10.2 Å². The van der Waals surface area contributed by atoms with Crippen molar-refractivity contribution in [2.45, 2.75) is 30.6 Å². The lowest BCUT2D eigenvalue weighted by atomic mass is 10.2. The summed E-state index contributed by atoms with van der Waals surface area (Å²) in [6.07, 6.45) is 2.04. The molecule has 1 N–H and O–H groups in total. The predicted octanol–water partition coefficient (Wildman–Crippen LogP) is 2.85. The lowest BCUT2D eigenvalue weighted by molar-refractivity contribution is -0.116. The number of carbonyl (C=O) groups excluding carboxylic acids is 1. The topological polar surface area (TPSA) is 111 Å². The molecular weight excluding hydrogens is 436 g/mol. The van der Waals surface area contributed by atoms with Crippen LogP contribution in [0.5, 0.6) is 11.5 Å². The molecule has 0 aliphatic carbocycles. The maximum absolute atomic E-state index is 12.7. The molecule has 0 saturated carbocycles. The Bertz CT molecular complexity index is 948. The Kier molecular flexibility index (Phi) is 8.11. The van der Waals surface area contributed by atoms with Gasteiger partial charge in [-0.1, -0.05) is 30.0 Å². The number of amides is 1. The molecule has 2 rings (SSSR count). The number of thioether (sulfide) groups is 1. The molecule has 0 radical (unpaired) electrons. The molecule has 1 heterocycles. The highest BCUT2D eigenvalue weighted by molar-refractivity contribution is 8.01. The number of hydrogen-bond acceptors (Lipinski definition) is 9. The summed E-state index contributed by atoms with van der Waals surface area (Å²) in [6, 6.07) is 3.61. The zero-order valence-electron chi connectivity index (χ0n) is 16.8. The van der Waals surface area contributed by atoms with E-state index in [9.17, 15) is 13.2 Å². The van der Waals surface area contributed by atoms with Crippen molar-refractivity contribution in [3.8, 4) is 11.5 Å². The Balaban J connectivity index is 2.26. The van der Waals surface area contributed by atoms with Gasteiger partial charge in [0.05, 0.1) is 26.2 Å². The maximum atomic E-state index is 12.7. The van der Waals surface area contributed by atoms with Crippen molar-refractivity contribution in [3.63, 3.8) is 0 Å². The number of ether oxygens (including phenoxy) is 2. The highest BCUT2D eigenvalue weighted by atomic mass is 32.2. The first-order valence-electron chi connectivity index (χ1n) is 8.69. The van der Waals surface area contributed by atoms with Crippen molar-refractivity contribution in [2.24, 2.45) is 0 Å². The summed E-state index contributed by atoms with van der Waals surface area (Å²) < 4.78 is 37.1. The summed E-state index contributed by atoms with van der Waals surface area (Å²) >= 11 is 2.80. The Morgan fingerprint density at radius 1 is 1.28 bits per heavy atom. The molecule has 0 aliphatic heterocycles. The minimum atomic E-state index is -3.77. The van der Waals surface area contributed by atoms with Crippen LogP contribution < -0.4 is 19.1 Å². The van der Waals surface area contributed by atoms with Crippen LogP contribution in [0.15, 0.2) is 22.5 Å². The first-order valence-corrected chi connectivity index (χ1v) is 12.3. The standard InChI is InChI=1S/C17H24N4O5S3/c1-6-9-27-17-20-19-16(28-17)18-15(22)11(2)21(29(5,23)24)12-7-8-13(25-3)14(10-12)26-4/h7-8,10-11H,6,9H2,1-5H3,(H,18,19,22)/t11-/m1/s1. The number of nitrogens with one attached hydrogen (secondary N) is 1. The summed E-state index contributed by atoms with van der Waals surface area (Å²) in [5, 5.41) is 10.9. The van der Waals surface area contributed by atoms with E-state index in [2.05, 4.69) is 22.4 Å². The molecule has 12 heteroatoms. The second kappa shape index (κ2) is 10.1. The number of hydrogen-bond donors (Lipinski definition) is 1. The van der Waals surface area contributed by atoms with Gasteiger partial charge in [0.15, 0.2) is 15.8 Å². The van der Waals surface area contributed by atoms with Crippen molar-refractivity contribution >= 4 is 49.8 Å². The van der Waals surface area contributed by atoms with Crippen LogP contribution in [0.4, 0.5) is 10.8 Å². The van der Waals surface area contributed by atoms with Crippen molar-refractivity contribution in [2.75, 3.05) is 35.9 Å². The van der Waals surface area contributed by atoms with Gasteiger partial charge in [-0.3, -0.25) is 14.4 Å². The third-order valence-corrected chi connectivity index (χ3v) is 7.20. The monoisotopic (exact) mass is 460 g/mol. The van der Waals surface area contributed by atoms with Gasteiger partial charge < -0.3 is 9.47 Å². The summed E-state index contributed by atoms with van der Waals surface area (Å²) in [5.74, 6) is 1.19. The van der Waals surface area contributed by atoms with E-state index in [4.69, 9.17) is 9.47 Å². The van der Waals surface area contributed by atoms with Crippen molar-refractivity contribution < 1.29 is 22.7 Å². The molecule has 9 nitrogen and oxygen atoms in total. The Morgan fingerprint density at radius 3 is 2.55 bits per heavy atom. The number of aromatic nitrogens is 2. The Hall–Kier alpha value is -2.05. The number of carbonyl (C=O) groups is 1. The number of rotatable bonds is 10. The molecule has 1 aromatic heterocycles.